The predicted molar refractivity (Wildman–Crippen MR) is 50.8 cm³/mol. The molecule has 0 spiro atoms. The van der Waals surface area contributed by atoms with Gasteiger partial charge in [0.1, 0.15) is 5.75 Å². The van der Waals surface area contributed by atoms with E-state index < -0.39 is 0 Å². The molecule has 0 aliphatic rings. The van der Waals surface area contributed by atoms with E-state index in [1.165, 1.54) is 0 Å². The number of phenolic OH excluding ortho intramolecular Hbond substituents is 1. The molecule has 0 saturated carbocycles. The highest BCUT2D eigenvalue weighted by molar-refractivity contribution is 7.18. The number of aromatic nitrogens is 1. The molecule has 2 aromatic rings. The normalized spacial score (nSPS) is 10.8. The molecule has 1 aromatic carbocycles. The smallest absolute Gasteiger partial charge is 0.120 e. The summed E-state index contributed by atoms with van der Waals surface area (Å²) in [6.07, 6.45) is 0. The molecule has 0 amide bonds. The molecule has 0 radical (unpaired) electrons. The van der Waals surface area contributed by atoms with Crippen LogP contribution in [0.15, 0.2) is 12.1 Å². The third-order valence-corrected chi connectivity index (χ3v) is 2.83. The summed E-state index contributed by atoms with van der Waals surface area (Å²) < 4.78 is 1.14. The first kappa shape index (κ1) is 7.55. The van der Waals surface area contributed by atoms with Gasteiger partial charge in [0.05, 0.1) is 15.2 Å². The summed E-state index contributed by atoms with van der Waals surface area (Å²) >= 11 is 1.65. The summed E-state index contributed by atoms with van der Waals surface area (Å²) in [6.45, 7) is 3.86. The largest absolute Gasteiger partial charge is 0.508 e. The van der Waals surface area contributed by atoms with Crippen LogP contribution in [-0.2, 0) is 0 Å². The topological polar surface area (TPSA) is 33.1 Å². The first-order valence-corrected chi connectivity index (χ1v) is 4.56. The molecule has 1 N–H and O–H groups in total. The molecule has 62 valence electrons. The first-order valence-electron chi connectivity index (χ1n) is 3.74. The lowest BCUT2D eigenvalue weighted by molar-refractivity contribution is 0.472. The summed E-state index contributed by atoms with van der Waals surface area (Å²) in [5.41, 5.74) is 1.80. The summed E-state index contributed by atoms with van der Waals surface area (Å²) in [4.78, 5) is 4.33. The van der Waals surface area contributed by atoms with Crippen molar-refractivity contribution in [1.82, 2.24) is 4.98 Å². The average molecular weight is 179 g/mol. The van der Waals surface area contributed by atoms with Crippen molar-refractivity contribution in [2.24, 2.45) is 0 Å². The van der Waals surface area contributed by atoms with Gasteiger partial charge in [0.25, 0.3) is 0 Å². The Morgan fingerprint density at radius 2 is 2.08 bits per heavy atom. The molecule has 3 heteroatoms. The summed E-state index contributed by atoms with van der Waals surface area (Å²) in [6, 6.07) is 3.62. The van der Waals surface area contributed by atoms with Crippen LogP contribution in [0.4, 0.5) is 0 Å². The van der Waals surface area contributed by atoms with Crippen LogP contribution < -0.4 is 0 Å². The molecule has 2 rings (SSSR count). The first-order chi connectivity index (χ1) is 5.68. The molecule has 0 fully saturated rings. The molecule has 2 nitrogen and oxygen atoms in total. The van der Waals surface area contributed by atoms with E-state index in [0.29, 0.717) is 5.75 Å². The SMILES string of the molecule is Cc1nc2c(C)c(O)ccc2s1. The quantitative estimate of drug-likeness (QED) is 0.674. The molecule has 1 aromatic heterocycles. The van der Waals surface area contributed by atoms with Crippen LogP contribution in [-0.4, -0.2) is 10.1 Å². The van der Waals surface area contributed by atoms with Gasteiger partial charge in [-0.1, -0.05) is 0 Å². The molecular weight excluding hydrogens is 170 g/mol. The second-order valence-electron chi connectivity index (χ2n) is 2.79. The van der Waals surface area contributed by atoms with Gasteiger partial charge in [-0.05, 0) is 26.0 Å². The number of phenols is 1. The van der Waals surface area contributed by atoms with E-state index >= 15 is 0 Å². The number of aromatic hydroxyl groups is 1. The number of benzene rings is 1. The van der Waals surface area contributed by atoms with Crippen molar-refractivity contribution in [1.29, 1.82) is 0 Å². The molecule has 0 bridgehead atoms. The number of aryl methyl sites for hydroxylation is 2. The molecule has 0 aliphatic carbocycles. The van der Waals surface area contributed by atoms with Crippen LogP contribution in [0.2, 0.25) is 0 Å². The summed E-state index contributed by atoms with van der Waals surface area (Å²) in [7, 11) is 0. The maximum atomic E-state index is 9.39. The zero-order valence-electron chi connectivity index (χ0n) is 6.96. The van der Waals surface area contributed by atoms with Crippen LogP contribution >= 0.6 is 11.3 Å². The van der Waals surface area contributed by atoms with Crippen molar-refractivity contribution in [2.45, 2.75) is 13.8 Å². The molecule has 0 aliphatic heterocycles. The predicted octanol–water partition coefficient (Wildman–Crippen LogP) is 2.62. The molecule has 0 atom stereocenters. The molecular formula is C9H9NOS. The fourth-order valence-electron chi connectivity index (χ4n) is 1.23. The Kier molecular flexibility index (Phi) is 1.54. The summed E-state index contributed by atoms with van der Waals surface area (Å²) in [5.74, 6) is 0.327. The van der Waals surface area contributed by atoms with E-state index in [4.69, 9.17) is 0 Å². The van der Waals surface area contributed by atoms with Gasteiger partial charge >= 0.3 is 0 Å². The maximum absolute atomic E-state index is 9.39. The Morgan fingerprint density at radius 1 is 1.33 bits per heavy atom. The van der Waals surface area contributed by atoms with Gasteiger partial charge in [-0.3, -0.25) is 0 Å². The second-order valence-corrected chi connectivity index (χ2v) is 4.02. The van der Waals surface area contributed by atoms with E-state index in [9.17, 15) is 5.11 Å². The minimum atomic E-state index is 0.327. The second kappa shape index (κ2) is 2.45. The van der Waals surface area contributed by atoms with Crippen molar-refractivity contribution in [3.05, 3.63) is 22.7 Å². The number of hydrogen-bond acceptors (Lipinski definition) is 3. The minimum Gasteiger partial charge on any atom is -0.508 e. The third-order valence-electron chi connectivity index (χ3n) is 1.89. The number of nitrogens with zero attached hydrogens (tertiary/aromatic N) is 1. The van der Waals surface area contributed by atoms with E-state index in [-0.39, 0.29) is 0 Å². The van der Waals surface area contributed by atoms with Crippen molar-refractivity contribution >= 4 is 21.6 Å². The molecule has 1 heterocycles. The van der Waals surface area contributed by atoms with Gasteiger partial charge in [-0.25, -0.2) is 4.98 Å². The minimum absolute atomic E-state index is 0.327. The monoisotopic (exact) mass is 179 g/mol. The Morgan fingerprint density at radius 3 is 2.83 bits per heavy atom. The van der Waals surface area contributed by atoms with Gasteiger partial charge < -0.3 is 5.11 Å². The van der Waals surface area contributed by atoms with Crippen molar-refractivity contribution < 1.29 is 5.11 Å². The molecule has 0 unspecified atom stereocenters. The highest BCUT2D eigenvalue weighted by Crippen LogP contribution is 2.29. The van der Waals surface area contributed by atoms with Crippen LogP contribution in [0.3, 0.4) is 0 Å². The number of rotatable bonds is 0. The molecule has 0 saturated heterocycles. The fraction of sp³-hybridized carbons (Fsp3) is 0.222. The number of fused-ring (bicyclic) bond motifs is 1. The zero-order chi connectivity index (χ0) is 8.72. The van der Waals surface area contributed by atoms with E-state index in [1.807, 2.05) is 19.9 Å². The van der Waals surface area contributed by atoms with Crippen molar-refractivity contribution in [2.75, 3.05) is 0 Å². The van der Waals surface area contributed by atoms with E-state index in [0.717, 1.165) is 20.8 Å². The van der Waals surface area contributed by atoms with E-state index in [1.54, 1.807) is 17.4 Å². The van der Waals surface area contributed by atoms with Gasteiger partial charge in [-0.15, -0.1) is 11.3 Å². The lowest BCUT2D eigenvalue weighted by Crippen LogP contribution is -1.77. The highest BCUT2D eigenvalue weighted by atomic mass is 32.1. The van der Waals surface area contributed by atoms with E-state index in [2.05, 4.69) is 4.98 Å². The van der Waals surface area contributed by atoms with Gasteiger partial charge in [0.15, 0.2) is 0 Å². The molecule has 12 heavy (non-hydrogen) atoms. The van der Waals surface area contributed by atoms with Gasteiger partial charge in [0, 0.05) is 5.56 Å². The van der Waals surface area contributed by atoms with Crippen molar-refractivity contribution in [3.63, 3.8) is 0 Å². The highest BCUT2D eigenvalue weighted by Gasteiger charge is 2.05. The van der Waals surface area contributed by atoms with Crippen LogP contribution in [0.25, 0.3) is 10.2 Å². The third kappa shape index (κ3) is 0.975. The van der Waals surface area contributed by atoms with Crippen LogP contribution in [0, 0.1) is 13.8 Å². The van der Waals surface area contributed by atoms with Gasteiger partial charge in [-0.2, -0.15) is 0 Å². The standard InChI is InChI=1S/C9H9NOS/c1-5-7(11)3-4-8-9(5)10-6(2)12-8/h3-4,11H,1-2H3. The summed E-state index contributed by atoms with van der Waals surface area (Å²) in [5, 5.41) is 10.4. The maximum Gasteiger partial charge on any atom is 0.120 e. The Labute approximate surface area is 74.5 Å². The zero-order valence-corrected chi connectivity index (χ0v) is 7.77. The number of hydrogen-bond donors (Lipinski definition) is 1. The van der Waals surface area contributed by atoms with Gasteiger partial charge in [0.2, 0.25) is 0 Å². The van der Waals surface area contributed by atoms with Crippen LogP contribution in [0.1, 0.15) is 10.6 Å². The fourth-order valence-corrected chi connectivity index (χ4v) is 2.11. The van der Waals surface area contributed by atoms with Crippen LogP contribution in [0.5, 0.6) is 5.75 Å². The Bertz CT molecular complexity index is 433. The number of thiazole rings is 1. The Hall–Kier alpha value is -1.09. The lowest BCUT2D eigenvalue weighted by atomic mass is 10.2. The average Bonchev–Trinajstić information content (AvgIpc) is 2.39. The Balaban J connectivity index is 2.89. The van der Waals surface area contributed by atoms with Crippen molar-refractivity contribution in [3.8, 4) is 5.75 Å². The lowest BCUT2D eigenvalue weighted by Gasteiger charge is -1.96.